The highest BCUT2D eigenvalue weighted by atomic mass is 19.1. The van der Waals surface area contributed by atoms with Gasteiger partial charge in [0.2, 0.25) is 5.76 Å². The normalized spacial score (nSPS) is 10.6. The number of ether oxygens (including phenoxy) is 1. The highest BCUT2D eigenvalue weighted by molar-refractivity contribution is 5.95. The molecule has 0 aliphatic rings. The summed E-state index contributed by atoms with van der Waals surface area (Å²) < 4.78 is 23.8. The number of benzene rings is 2. The molecule has 0 unspecified atom stereocenters. The molecule has 0 aliphatic heterocycles. The fraction of sp³-hybridized carbons (Fsp3) is 0.111. The number of halogens is 1. The summed E-state index contributed by atoms with van der Waals surface area (Å²) in [6.45, 7) is -0.433. The van der Waals surface area contributed by atoms with Gasteiger partial charge in [-0.2, -0.15) is 0 Å². The Morgan fingerprint density at radius 1 is 1.12 bits per heavy atom. The zero-order valence-corrected chi connectivity index (χ0v) is 13.0. The number of fused-ring (bicyclic) bond motifs is 1. The average molecular weight is 343 g/mol. The number of hydrogen-bond acceptors (Lipinski definition) is 4. The molecule has 3 rings (SSSR count). The lowest BCUT2D eigenvalue weighted by molar-refractivity contribution is -0.123. The predicted molar refractivity (Wildman–Crippen MR) is 86.9 cm³/mol. The van der Waals surface area contributed by atoms with E-state index in [4.69, 9.17) is 9.15 Å². The van der Waals surface area contributed by atoms with Gasteiger partial charge >= 0.3 is 5.97 Å². The topological polar surface area (TPSA) is 88.8 Å². The molecule has 128 valence electrons. The third kappa shape index (κ3) is 3.60. The zero-order valence-electron chi connectivity index (χ0n) is 13.0. The van der Waals surface area contributed by atoms with Crippen LogP contribution in [0.2, 0.25) is 0 Å². The van der Waals surface area contributed by atoms with Gasteiger partial charge in [-0.3, -0.25) is 4.79 Å². The Hall–Kier alpha value is -3.35. The van der Waals surface area contributed by atoms with Crippen molar-refractivity contribution in [3.05, 3.63) is 65.7 Å². The minimum Gasteiger partial charge on any atom is -0.481 e. The van der Waals surface area contributed by atoms with Crippen molar-refractivity contribution in [2.75, 3.05) is 6.61 Å². The van der Waals surface area contributed by atoms with E-state index in [1.807, 2.05) is 0 Å². The molecule has 0 bridgehead atoms. The largest absolute Gasteiger partial charge is 0.481 e. The Balaban J connectivity index is 1.68. The van der Waals surface area contributed by atoms with Crippen LogP contribution in [0.5, 0.6) is 5.75 Å². The van der Waals surface area contributed by atoms with Gasteiger partial charge in [0.05, 0.1) is 0 Å². The number of amides is 1. The Morgan fingerprint density at radius 2 is 1.84 bits per heavy atom. The molecule has 2 N–H and O–H groups in total. The third-order valence-corrected chi connectivity index (χ3v) is 3.55. The first kappa shape index (κ1) is 16.5. The van der Waals surface area contributed by atoms with Crippen molar-refractivity contribution in [2.24, 2.45) is 0 Å². The number of carbonyl (C=O) groups excluding carboxylic acids is 1. The Morgan fingerprint density at radius 3 is 2.60 bits per heavy atom. The van der Waals surface area contributed by atoms with Crippen molar-refractivity contribution in [3.8, 4) is 5.75 Å². The number of para-hydroxylation sites is 2. The lowest BCUT2D eigenvalue weighted by atomic mass is 10.1. The van der Waals surface area contributed by atoms with Crippen LogP contribution in [0.3, 0.4) is 0 Å². The molecule has 2 aromatic carbocycles. The second-order valence-corrected chi connectivity index (χ2v) is 5.21. The first-order chi connectivity index (χ1) is 12.1. The molecule has 25 heavy (non-hydrogen) atoms. The first-order valence-corrected chi connectivity index (χ1v) is 7.44. The minimum atomic E-state index is -1.22. The van der Waals surface area contributed by atoms with Gasteiger partial charge in [-0.15, -0.1) is 0 Å². The van der Waals surface area contributed by atoms with Gasteiger partial charge in [-0.1, -0.05) is 30.3 Å². The van der Waals surface area contributed by atoms with Crippen LogP contribution in [0.25, 0.3) is 11.0 Å². The molecule has 1 aromatic heterocycles. The summed E-state index contributed by atoms with van der Waals surface area (Å²) in [5.41, 5.74) is 0.786. The van der Waals surface area contributed by atoms with Crippen molar-refractivity contribution in [2.45, 2.75) is 6.54 Å². The van der Waals surface area contributed by atoms with Crippen molar-refractivity contribution in [1.29, 1.82) is 0 Å². The number of carboxylic acid groups (broad SMARTS) is 1. The smallest absolute Gasteiger partial charge is 0.372 e. The molecular weight excluding hydrogens is 329 g/mol. The second kappa shape index (κ2) is 7.04. The molecule has 0 saturated carbocycles. The van der Waals surface area contributed by atoms with Gasteiger partial charge < -0.3 is 19.6 Å². The molecule has 0 atom stereocenters. The summed E-state index contributed by atoms with van der Waals surface area (Å²) in [7, 11) is 0. The van der Waals surface area contributed by atoms with Gasteiger partial charge in [-0.25, -0.2) is 9.18 Å². The first-order valence-electron chi connectivity index (χ1n) is 7.44. The molecule has 0 saturated heterocycles. The van der Waals surface area contributed by atoms with E-state index in [-0.39, 0.29) is 24.7 Å². The van der Waals surface area contributed by atoms with Crippen LogP contribution in [0.4, 0.5) is 4.39 Å². The van der Waals surface area contributed by atoms with E-state index in [2.05, 4.69) is 5.32 Å². The van der Waals surface area contributed by atoms with Gasteiger partial charge in [0.15, 0.2) is 18.2 Å². The molecule has 0 spiro atoms. The Kier molecular flexibility index (Phi) is 4.65. The van der Waals surface area contributed by atoms with Crippen molar-refractivity contribution in [1.82, 2.24) is 5.32 Å². The predicted octanol–water partition coefficient (Wildman–Crippen LogP) is 2.97. The van der Waals surface area contributed by atoms with Crippen LogP contribution >= 0.6 is 0 Å². The molecule has 0 radical (unpaired) electrons. The van der Waals surface area contributed by atoms with Gasteiger partial charge in [0.25, 0.3) is 5.91 Å². The fourth-order valence-electron chi connectivity index (χ4n) is 2.39. The molecule has 1 heterocycles. The second-order valence-electron chi connectivity index (χ2n) is 5.21. The number of furan rings is 1. The maximum atomic E-state index is 13.4. The van der Waals surface area contributed by atoms with E-state index in [1.54, 1.807) is 30.3 Å². The third-order valence-electron chi connectivity index (χ3n) is 3.55. The van der Waals surface area contributed by atoms with Gasteiger partial charge in [0.1, 0.15) is 5.58 Å². The Bertz CT molecular complexity index is 934. The van der Waals surface area contributed by atoms with Crippen molar-refractivity contribution in [3.63, 3.8) is 0 Å². The maximum absolute atomic E-state index is 13.4. The minimum absolute atomic E-state index is 0.0300. The van der Waals surface area contributed by atoms with Crippen LogP contribution in [0.15, 0.2) is 52.9 Å². The molecule has 6 nitrogen and oxygen atoms in total. The number of aromatic carboxylic acids is 1. The number of hydrogen-bond donors (Lipinski definition) is 2. The van der Waals surface area contributed by atoms with E-state index in [9.17, 15) is 19.1 Å². The highest BCUT2D eigenvalue weighted by Gasteiger charge is 2.20. The number of rotatable bonds is 6. The summed E-state index contributed by atoms with van der Waals surface area (Å²) >= 11 is 0. The standard InChI is InChI=1S/C18H14FNO5/c19-13-6-2-4-8-15(13)24-10-16(21)20-9-12-11-5-1-3-7-14(11)25-17(12)18(22)23/h1-8H,9-10H2,(H,20,21)(H,22,23). The lowest BCUT2D eigenvalue weighted by Gasteiger charge is -2.08. The summed E-state index contributed by atoms with van der Waals surface area (Å²) in [6, 6.07) is 12.6. The van der Waals surface area contributed by atoms with Crippen molar-refractivity contribution >= 4 is 22.8 Å². The van der Waals surface area contributed by atoms with E-state index in [0.717, 1.165) is 0 Å². The summed E-state index contributed by atoms with van der Waals surface area (Å²) in [6.07, 6.45) is 0. The van der Waals surface area contributed by atoms with E-state index >= 15 is 0 Å². The summed E-state index contributed by atoms with van der Waals surface area (Å²) in [5, 5.41) is 12.4. The van der Waals surface area contributed by atoms with E-state index < -0.39 is 17.7 Å². The quantitative estimate of drug-likeness (QED) is 0.718. The van der Waals surface area contributed by atoms with Crippen LogP contribution in [0, 0.1) is 5.82 Å². The van der Waals surface area contributed by atoms with Crippen molar-refractivity contribution < 1.29 is 28.2 Å². The maximum Gasteiger partial charge on any atom is 0.372 e. The van der Waals surface area contributed by atoms with Gasteiger partial charge in [0, 0.05) is 17.5 Å². The zero-order chi connectivity index (χ0) is 17.8. The number of carbonyl (C=O) groups is 2. The summed E-state index contributed by atoms with van der Waals surface area (Å²) in [5.74, 6) is -2.55. The highest BCUT2D eigenvalue weighted by Crippen LogP contribution is 2.25. The molecule has 7 heteroatoms. The van der Waals surface area contributed by atoms with Crippen LogP contribution in [-0.2, 0) is 11.3 Å². The van der Waals surface area contributed by atoms with Crippen LogP contribution < -0.4 is 10.1 Å². The van der Waals surface area contributed by atoms with Crippen LogP contribution in [-0.4, -0.2) is 23.6 Å². The molecule has 3 aromatic rings. The monoisotopic (exact) mass is 343 g/mol. The molecule has 0 aliphatic carbocycles. The Labute approximate surface area is 141 Å². The lowest BCUT2D eigenvalue weighted by Crippen LogP contribution is -2.29. The molecule has 0 fully saturated rings. The number of nitrogens with one attached hydrogen (secondary N) is 1. The fourth-order valence-corrected chi connectivity index (χ4v) is 2.39. The molecule has 1 amide bonds. The summed E-state index contributed by atoms with van der Waals surface area (Å²) in [4.78, 5) is 23.2. The number of carboxylic acids is 1. The van der Waals surface area contributed by atoms with E-state index in [1.165, 1.54) is 18.2 Å². The van der Waals surface area contributed by atoms with Crippen LogP contribution in [0.1, 0.15) is 16.1 Å². The van der Waals surface area contributed by atoms with Gasteiger partial charge in [-0.05, 0) is 18.2 Å². The SMILES string of the molecule is O=C(COc1ccccc1F)NCc1c(C(=O)O)oc2ccccc12. The van der Waals surface area contributed by atoms with E-state index in [0.29, 0.717) is 16.5 Å². The average Bonchev–Trinajstić information content (AvgIpc) is 2.98. The molecular formula is C18H14FNO5.